The summed E-state index contributed by atoms with van der Waals surface area (Å²) in [6, 6.07) is 7.52. The lowest BCUT2D eigenvalue weighted by Crippen LogP contribution is -2.46. The van der Waals surface area contributed by atoms with Gasteiger partial charge in [0.25, 0.3) is 0 Å². The first kappa shape index (κ1) is 56.2. The molecule has 17 heteroatoms. The summed E-state index contributed by atoms with van der Waals surface area (Å²) in [5.74, 6) is 0.163. The summed E-state index contributed by atoms with van der Waals surface area (Å²) < 4.78 is 20.1. The molecule has 0 saturated heterocycles. The van der Waals surface area contributed by atoms with Gasteiger partial charge in [-0.2, -0.15) is 12.6 Å². The maximum atomic E-state index is 12.2. The van der Waals surface area contributed by atoms with Crippen LogP contribution in [0.2, 0.25) is 0 Å². The minimum atomic E-state index is -0.817. The van der Waals surface area contributed by atoms with Crippen molar-refractivity contribution < 1.29 is 47.7 Å². The third kappa shape index (κ3) is 38.9. The summed E-state index contributed by atoms with van der Waals surface area (Å²) in [6.07, 6.45) is 6.81. The van der Waals surface area contributed by atoms with Gasteiger partial charge < -0.3 is 39.7 Å². The third-order valence-electron chi connectivity index (χ3n) is 6.11. The zero-order valence-corrected chi connectivity index (χ0v) is 36.2. The second-order valence-corrected chi connectivity index (χ2v) is 13.6. The number of amides is 4. The smallest absolute Gasteiger partial charge is 0.419 e. The molecule has 1 aromatic carbocycles. The molecular formula is C40H66N6O10S. The summed E-state index contributed by atoms with van der Waals surface area (Å²) >= 11 is 4.21. The van der Waals surface area contributed by atoms with E-state index >= 15 is 0 Å². The molecule has 0 spiro atoms. The molecule has 1 rings (SSSR count). The Morgan fingerprint density at radius 3 is 2.04 bits per heavy atom. The predicted molar refractivity (Wildman–Crippen MR) is 227 cm³/mol. The highest BCUT2D eigenvalue weighted by atomic mass is 32.1. The Hall–Kier alpha value is -5.16. The molecule has 322 valence electrons. The third-order valence-corrected chi connectivity index (χ3v) is 6.26. The van der Waals surface area contributed by atoms with E-state index in [4.69, 9.17) is 14.2 Å². The van der Waals surface area contributed by atoms with E-state index in [0.29, 0.717) is 44.5 Å². The lowest BCUT2D eigenvalue weighted by Gasteiger charge is -2.20. The lowest BCUT2D eigenvalue weighted by molar-refractivity contribution is -0.141. The molecule has 0 aromatic heterocycles. The van der Waals surface area contributed by atoms with Crippen LogP contribution in [-0.4, -0.2) is 99.5 Å². The van der Waals surface area contributed by atoms with E-state index in [1.165, 1.54) is 19.6 Å². The largest absolute Gasteiger partial charge is 0.490 e. The van der Waals surface area contributed by atoms with E-state index in [0.717, 1.165) is 12.2 Å². The van der Waals surface area contributed by atoms with E-state index in [1.54, 1.807) is 53.0 Å². The number of esters is 1. The quantitative estimate of drug-likeness (QED) is 0.0136. The molecule has 0 fully saturated rings. The number of nitrogens with one attached hydrogen (secondary N) is 5. The van der Waals surface area contributed by atoms with Gasteiger partial charge in [0, 0.05) is 18.7 Å². The Morgan fingerprint density at radius 2 is 1.56 bits per heavy atom. The minimum Gasteiger partial charge on any atom is -0.490 e. The van der Waals surface area contributed by atoms with Crippen LogP contribution in [0.25, 0.3) is 0 Å². The molecule has 4 amide bonds. The molecular weight excluding hydrogens is 757 g/mol. The monoisotopic (exact) mass is 822 g/mol. The van der Waals surface area contributed by atoms with Crippen molar-refractivity contribution in [1.29, 1.82) is 0 Å². The number of allylic oxidation sites excluding steroid dienone is 2. The van der Waals surface area contributed by atoms with Crippen LogP contribution in [-0.2, 0) is 33.4 Å². The maximum Gasteiger partial charge on any atom is 0.419 e. The van der Waals surface area contributed by atoms with Crippen molar-refractivity contribution in [3.63, 3.8) is 0 Å². The number of likely N-dealkylation sites (N-methyl/N-ethyl adjacent to an activating group) is 1. The summed E-state index contributed by atoms with van der Waals surface area (Å²) in [5.41, 5.74) is 0.515. The van der Waals surface area contributed by atoms with Gasteiger partial charge in [0.05, 0.1) is 19.7 Å². The number of hydrogen-bond acceptors (Lipinski definition) is 13. The second kappa shape index (κ2) is 35.3. The SMILES string of the molecule is C=CC.C=CCOc1ccc(C)cc1.CC(=O)NCC=O.CNC(CCCCCN=C(NC(=O)OC(C)=CC(C)S)NC(=O)OC(C)(C)C)C(=O)NCC(=O)OC. The molecule has 0 bridgehead atoms. The zero-order chi connectivity index (χ0) is 44.2. The predicted octanol–water partition coefficient (Wildman–Crippen LogP) is 5.33. The normalized spacial score (nSPS) is 11.6. The molecule has 0 radical (unpaired) electrons. The molecule has 0 aliphatic rings. The first-order chi connectivity index (χ1) is 26.8. The van der Waals surface area contributed by atoms with E-state index < -0.39 is 29.8 Å². The van der Waals surface area contributed by atoms with Gasteiger partial charge in [-0.25, -0.2) is 9.59 Å². The number of methoxy groups -OCH3 is 1. The number of alkyl carbamates (subject to hydrolysis) is 2. The van der Waals surface area contributed by atoms with Crippen LogP contribution in [0.5, 0.6) is 5.75 Å². The van der Waals surface area contributed by atoms with E-state index in [-0.39, 0.29) is 36.1 Å². The maximum absolute atomic E-state index is 12.2. The molecule has 5 N–H and O–H groups in total. The highest BCUT2D eigenvalue weighted by Gasteiger charge is 2.19. The van der Waals surface area contributed by atoms with Crippen LogP contribution in [0.15, 0.2) is 66.4 Å². The number of guanidine groups is 1. The topological polar surface area (TPSA) is 212 Å². The average molecular weight is 823 g/mol. The first-order valence-electron chi connectivity index (χ1n) is 18.3. The molecule has 0 aliphatic heterocycles. The number of aliphatic imine (C=N–C) groups is 1. The van der Waals surface area contributed by atoms with E-state index in [9.17, 15) is 28.8 Å². The van der Waals surface area contributed by atoms with Crippen molar-refractivity contribution in [3.8, 4) is 5.75 Å². The number of ether oxygens (including phenoxy) is 4. The number of rotatable bonds is 17. The Morgan fingerprint density at radius 1 is 0.965 bits per heavy atom. The van der Waals surface area contributed by atoms with Gasteiger partial charge in [0.2, 0.25) is 17.8 Å². The van der Waals surface area contributed by atoms with Crippen LogP contribution in [0.4, 0.5) is 9.59 Å². The standard InChI is InChI=1S/C23H41N5O7S.C10H12O.C4H7NO2.C3H6/c1-15(13-16(2)36)34-21(31)27-20(28-22(32)35-23(3,4)5)25-12-10-8-9-11-17(24-6)19(30)26-14-18(29)33-7;1-3-8-11-10-6-4-9(2)5-7-10;1-4(7)5-2-3-6;1-3-2/h13,16-17,24,36H,8-12,14H2,1-7H3,(H,26,30)(H2,25,27,28,31,32);3-7H,1,8H2,2H3;3H,2H2,1H3,(H,5,7);3H,1H2,2H3. The number of hydrogen-bond donors (Lipinski definition) is 6. The second-order valence-electron chi connectivity index (χ2n) is 12.8. The van der Waals surface area contributed by atoms with E-state index in [2.05, 4.69) is 69.0 Å². The van der Waals surface area contributed by atoms with Crippen molar-refractivity contribution in [2.45, 2.75) is 98.0 Å². The Bertz CT molecular complexity index is 1410. The van der Waals surface area contributed by atoms with Crippen molar-refractivity contribution in [2.75, 3.05) is 40.4 Å². The fourth-order valence-corrected chi connectivity index (χ4v) is 3.93. The Balaban J connectivity index is -0.00000111. The number of aryl methyl sites for hydroxylation is 1. The van der Waals surface area contributed by atoms with Crippen LogP contribution < -0.4 is 31.3 Å². The summed E-state index contributed by atoms with van der Waals surface area (Å²) in [5, 5.41) is 12.4. The van der Waals surface area contributed by atoms with Crippen LogP contribution >= 0.6 is 12.6 Å². The molecule has 0 saturated carbocycles. The van der Waals surface area contributed by atoms with Crippen LogP contribution in [0.1, 0.15) is 79.7 Å². The number of unbranched alkanes of at least 4 members (excludes halogenated alkanes) is 2. The molecule has 0 aliphatic carbocycles. The fourth-order valence-electron chi connectivity index (χ4n) is 3.72. The van der Waals surface area contributed by atoms with Gasteiger partial charge in [-0.1, -0.05) is 49.3 Å². The molecule has 0 heterocycles. The van der Waals surface area contributed by atoms with Gasteiger partial charge in [-0.3, -0.25) is 30.0 Å². The van der Waals surface area contributed by atoms with Crippen molar-refractivity contribution >= 4 is 54.8 Å². The minimum absolute atomic E-state index is 0.101. The Labute approximate surface area is 344 Å². The van der Waals surface area contributed by atoms with Gasteiger partial charge in [0.1, 0.15) is 36.5 Å². The average Bonchev–Trinajstić information content (AvgIpc) is 3.11. The number of carbonyl (C=O) groups excluding carboxylic acids is 6. The summed E-state index contributed by atoms with van der Waals surface area (Å²) in [4.78, 5) is 71.3. The number of nitrogens with zero attached hydrogens (tertiary/aromatic N) is 1. The summed E-state index contributed by atoms with van der Waals surface area (Å²) in [7, 11) is 2.92. The zero-order valence-electron chi connectivity index (χ0n) is 35.3. The van der Waals surface area contributed by atoms with Gasteiger partial charge in [0.15, 0.2) is 0 Å². The van der Waals surface area contributed by atoms with Gasteiger partial charge in [-0.05, 0) is 86.6 Å². The van der Waals surface area contributed by atoms with Crippen LogP contribution in [0.3, 0.4) is 0 Å². The molecule has 1 aromatic rings. The number of thiol groups is 1. The molecule has 2 unspecified atom stereocenters. The molecule has 16 nitrogen and oxygen atoms in total. The highest BCUT2D eigenvalue weighted by molar-refractivity contribution is 7.81. The molecule has 57 heavy (non-hydrogen) atoms. The number of carbonyl (C=O) groups is 6. The number of benzene rings is 1. The van der Waals surface area contributed by atoms with Crippen molar-refractivity contribution in [1.82, 2.24) is 26.6 Å². The summed E-state index contributed by atoms with van der Waals surface area (Å²) in [6.45, 7) is 21.6. The van der Waals surface area contributed by atoms with E-state index in [1.807, 2.05) is 38.1 Å². The fraction of sp³-hybridized carbons (Fsp3) is 0.525. The first-order valence-corrected chi connectivity index (χ1v) is 18.8. The Kier molecular flexibility index (Phi) is 34.8. The lowest BCUT2D eigenvalue weighted by atomic mass is 10.1. The van der Waals surface area contributed by atoms with Crippen molar-refractivity contribution in [3.05, 3.63) is 67.0 Å². The highest BCUT2D eigenvalue weighted by Crippen LogP contribution is 2.11. The van der Waals surface area contributed by atoms with Gasteiger partial charge in [-0.15, -0.1) is 6.58 Å². The number of aldehydes is 1. The van der Waals surface area contributed by atoms with Gasteiger partial charge >= 0.3 is 18.2 Å². The van der Waals surface area contributed by atoms with Crippen LogP contribution in [0, 0.1) is 6.92 Å². The molecule has 2 atom stereocenters. The van der Waals surface area contributed by atoms with Crippen molar-refractivity contribution in [2.24, 2.45) is 4.99 Å².